The molecule has 19 heavy (non-hydrogen) atoms. The molecule has 0 spiro atoms. The van der Waals surface area contributed by atoms with Gasteiger partial charge >= 0.3 is 5.69 Å². The Morgan fingerprint density at radius 2 is 2.37 bits per heavy atom. The lowest BCUT2D eigenvalue weighted by Crippen LogP contribution is -2.41. The second kappa shape index (κ2) is 5.24. The molecule has 0 saturated carbocycles. The van der Waals surface area contributed by atoms with Crippen molar-refractivity contribution in [1.82, 2.24) is 9.55 Å². The maximum absolute atomic E-state index is 11.8. The van der Waals surface area contributed by atoms with Crippen LogP contribution >= 0.6 is 27.5 Å². The van der Waals surface area contributed by atoms with Crippen molar-refractivity contribution in [1.29, 1.82) is 0 Å². The van der Waals surface area contributed by atoms with E-state index >= 15 is 0 Å². The molecule has 8 heteroatoms. The second-order valence-corrected chi connectivity index (χ2v) is 5.41. The predicted octanol–water partition coefficient (Wildman–Crippen LogP) is 0.921. The first-order chi connectivity index (χ1) is 8.87. The van der Waals surface area contributed by atoms with Crippen LogP contribution in [-0.2, 0) is 9.92 Å². The Morgan fingerprint density at radius 3 is 2.89 bits per heavy atom. The largest absolute Gasteiger partial charge is 0.390 e. The van der Waals surface area contributed by atoms with Gasteiger partial charge in [-0.15, -0.1) is 0 Å². The number of aliphatic hydroxyl groups excluding tert-OH is 1. The minimum atomic E-state index is -1.49. The molecule has 1 fully saturated rings. The number of nitrogens with zero attached hydrogens (tertiary/aromatic N) is 1. The molecule has 0 aromatic carbocycles. The maximum atomic E-state index is 11.8. The molecule has 104 valence electrons. The van der Waals surface area contributed by atoms with E-state index in [1.54, 1.807) is 6.92 Å². The van der Waals surface area contributed by atoms with Gasteiger partial charge in [0.1, 0.15) is 0 Å². The van der Waals surface area contributed by atoms with Crippen LogP contribution in [0.3, 0.4) is 0 Å². The fourth-order valence-electron chi connectivity index (χ4n) is 1.91. The number of nitrogens with one attached hydrogen (secondary N) is 1. The normalized spacial score (nSPS) is 31.2. The summed E-state index contributed by atoms with van der Waals surface area (Å²) >= 11 is 9.29. The molecule has 2 N–H and O–H groups in total. The number of ether oxygens (including phenoxy) is 1. The molecule has 0 bridgehead atoms. The number of aromatic nitrogens is 2. The average Bonchev–Trinajstić information content (AvgIpc) is 2.57. The van der Waals surface area contributed by atoms with Gasteiger partial charge in [0.15, 0.2) is 0 Å². The summed E-state index contributed by atoms with van der Waals surface area (Å²) in [5.41, 5.74) is -0.967. The van der Waals surface area contributed by atoms with Crippen molar-refractivity contribution in [2.24, 2.45) is 0 Å². The maximum Gasteiger partial charge on any atom is 0.331 e. The zero-order chi connectivity index (χ0) is 14.2. The minimum absolute atomic E-state index is 0.0547. The van der Waals surface area contributed by atoms with Crippen LogP contribution in [0.5, 0.6) is 0 Å². The molecule has 1 aliphatic rings. The average molecular weight is 352 g/mol. The molecular formula is C11H12BrClN2O4. The number of rotatable bonds is 2. The van der Waals surface area contributed by atoms with Gasteiger partial charge < -0.3 is 9.84 Å². The lowest BCUT2D eigenvalue weighted by molar-refractivity contribution is -0.0398. The van der Waals surface area contributed by atoms with E-state index in [9.17, 15) is 14.7 Å². The second-order valence-electron chi connectivity index (χ2n) is 4.29. The Kier molecular flexibility index (Phi) is 4.00. The SMILES string of the molecule is C[C@H]1O[C@@](Cl)(n2cc(C=CBr)c(=O)[nH]c2=O)C[C@@H]1O. The van der Waals surface area contributed by atoms with Crippen LogP contribution < -0.4 is 11.2 Å². The fourth-order valence-corrected chi connectivity index (χ4v) is 2.62. The molecule has 0 unspecified atom stereocenters. The van der Waals surface area contributed by atoms with Crippen molar-refractivity contribution in [3.63, 3.8) is 0 Å². The summed E-state index contributed by atoms with van der Waals surface area (Å²) in [6.07, 6.45) is 1.57. The molecule has 2 heterocycles. The summed E-state index contributed by atoms with van der Waals surface area (Å²) < 4.78 is 6.50. The number of alkyl halides is 1. The van der Waals surface area contributed by atoms with E-state index in [1.807, 2.05) is 0 Å². The molecule has 0 aliphatic carbocycles. The lowest BCUT2D eigenvalue weighted by Gasteiger charge is -2.23. The highest BCUT2D eigenvalue weighted by molar-refractivity contribution is 9.11. The lowest BCUT2D eigenvalue weighted by atomic mass is 10.2. The van der Waals surface area contributed by atoms with E-state index in [1.165, 1.54) is 17.3 Å². The summed E-state index contributed by atoms with van der Waals surface area (Å²) in [5, 5.41) is 8.20. The standard InChI is InChI=1S/C11H12BrClN2O4/c1-6-8(16)4-11(13,19-6)15-5-7(2-3-12)9(17)14-10(15)18/h2-3,5-6,8,16H,4H2,1H3,(H,14,17,18)/t6-,8+,11+/m1/s1. The van der Waals surface area contributed by atoms with Crippen LogP contribution in [0, 0.1) is 0 Å². The summed E-state index contributed by atoms with van der Waals surface area (Å²) in [6, 6.07) is 0. The smallest absolute Gasteiger partial charge is 0.331 e. The molecule has 6 nitrogen and oxygen atoms in total. The molecule has 1 saturated heterocycles. The Hall–Kier alpha value is -0.890. The van der Waals surface area contributed by atoms with Crippen LogP contribution in [0.25, 0.3) is 6.08 Å². The number of hydrogen-bond donors (Lipinski definition) is 2. The molecule has 0 radical (unpaired) electrons. The van der Waals surface area contributed by atoms with Crippen molar-refractivity contribution >= 4 is 33.6 Å². The molecule has 3 atom stereocenters. The van der Waals surface area contributed by atoms with Crippen LogP contribution in [0.1, 0.15) is 18.9 Å². The van der Waals surface area contributed by atoms with Crippen molar-refractivity contribution in [3.8, 4) is 0 Å². The van der Waals surface area contributed by atoms with Crippen molar-refractivity contribution in [3.05, 3.63) is 37.6 Å². The minimum Gasteiger partial charge on any atom is -0.390 e. The molecule has 1 aromatic heterocycles. The van der Waals surface area contributed by atoms with Gasteiger partial charge in [-0.05, 0) is 18.0 Å². The summed E-state index contributed by atoms with van der Waals surface area (Å²) in [6.45, 7) is 1.66. The van der Waals surface area contributed by atoms with E-state index in [0.717, 1.165) is 4.57 Å². The number of hydrogen-bond acceptors (Lipinski definition) is 4. The third-order valence-electron chi connectivity index (χ3n) is 2.94. The quantitative estimate of drug-likeness (QED) is 0.776. The van der Waals surface area contributed by atoms with Crippen molar-refractivity contribution in [2.75, 3.05) is 0 Å². The Balaban J connectivity index is 2.54. The summed E-state index contributed by atoms with van der Waals surface area (Å²) in [4.78, 5) is 27.0. The predicted molar refractivity (Wildman–Crippen MR) is 74.3 cm³/mol. The van der Waals surface area contributed by atoms with Crippen LogP contribution in [0.4, 0.5) is 0 Å². The Bertz CT molecular complexity index is 614. The monoisotopic (exact) mass is 350 g/mol. The molecule has 0 amide bonds. The van der Waals surface area contributed by atoms with Gasteiger partial charge in [0.25, 0.3) is 5.56 Å². The molecule has 2 rings (SSSR count). The van der Waals surface area contributed by atoms with Gasteiger partial charge in [-0.2, -0.15) is 0 Å². The highest BCUT2D eigenvalue weighted by atomic mass is 79.9. The van der Waals surface area contributed by atoms with E-state index in [0.29, 0.717) is 0 Å². The number of aliphatic hydroxyl groups is 1. The van der Waals surface area contributed by atoms with E-state index in [4.69, 9.17) is 16.3 Å². The van der Waals surface area contributed by atoms with Gasteiger partial charge in [0.2, 0.25) is 5.18 Å². The van der Waals surface area contributed by atoms with Gasteiger partial charge in [-0.1, -0.05) is 27.5 Å². The highest BCUT2D eigenvalue weighted by Gasteiger charge is 2.45. The zero-order valence-electron chi connectivity index (χ0n) is 9.97. The number of halogens is 2. The van der Waals surface area contributed by atoms with Crippen molar-refractivity contribution < 1.29 is 9.84 Å². The van der Waals surface area contributed by atoms with Crippen LogP contribution in [0.15, 0.2) is 20.8 Å². The van der Waals surface area contributed by atoms with Gasteiger partial charge in [-0.3, -0.25) is 14.3 Å². The molecule has 1 aliphatic heterocycles. The van der Waals surface area contributed by atoms with E-state index < -0.39 is 28.6 Å². The first kappa shape index (κ1) is 14.5. The van der Waals surface area contributed by atoms with Gasteiger partial charge in [-0.25, -0.2) is 4.79 Å². The number of H-pyrrole nitrogens is 1. The van der Waals surface area contributed by atoms with Crippen molar-refractivity contribution in [2.45, 2.75) is 30.7 Å². The van der Waals surface area contributed by atoms with Crippen LogP contribution in [-0.4, -0.2) is 26.9 Å². The summed E-state index contributed by atoms with van der Waals surface area (Å²) in [7, 11) is 0. The third kappa shape index (κ3) is 2.69. The van der Waals surface area contributed by atoms with Gasteiger partial charge in [0.05, 0.1) is 17.8 Å². The number of aromatic amines is 1. The Morgan fingerprint density at radius 1 is 1.68 bits per heavy atom. The Labute approximate surface area is 121 Å². The first-order valence-corrected chi connectivity index (χ1v) is 6.85. The topological polar surface area (TPSA) is 84.3 Å². The molecular weight excluding hydrogens is 339 g/mol. The van der Waals surface area contributed by atoms with E-state index in [-0.39, 0.29) is 12.0 Å². The summed E-state index contributed by atoms with van der Waals surface area (Å²) in [5.74, 6) is 0. The fraction of sp³-hybridized carbons (Fsp3) is 0.455. The van der Waals surface area contributed by atoms with E-state index in [2.05, 4.69) is 20.9 Å². The molecule has 1 aromatic rings. The van der Waals surface area contributed by atoms with Crippen LogP contribution in [0.2, 0.25) is 0 Å². The third-order valence-corrected chi connectivity index (χ3v) is 3.63. The highest BCUT2D eigenvalue weighted by Crippen LogP contribution is 2.37. The van der Waals surface area contributed by atoms with Gasteiger partial charge in [0, 0.05) is 12.6 Å². The zero-order valence-corrected chi connectivity index (χ0v) is 12.3. The first-order valence-electron chi connectivity index (χ1n) is 5.55.